The molecule has 19 nitrogen and oxygen atoms in total. The predicted octanol–water partition coefficient (Wildman–Crippen LogP) is 9.39. The Balaban J connectivity index is 1.29. The van der Waals surface area contributed by atoms with Crippen LogP contribution in [-0.2, 0) is 33.2 Å². The van der Waals surface area contributed by atoms with Crippen LogP contribution >= 0.6 is 0 Å². The van der Waals surface area contributed by atoms with E-state index in [4.69, 9.17) is 28.4 Å². The average molecular weight is 1270 g/mol. The summed E-state index contributed by atoms with van der Waals surface area (Å²) in [5.74, 6) is -0.290. The van der Waals surface area contributed by atoms with Crippen molar-refractivity contribution in [3.63, 3.8) is 0 Å². The summed E-state index contributed by atoms with van der Waals surface area (Å²) in [7, 11) is 0. The average Bonchev–Trinajstić information content (AvgIpc) is 1.06. The molecule has 3 saturated heterocycles. The molecule has 0 aromatic heterocycles. The van der Waals surface area contributed by atoms with E-state index in [0.29, 0.717) is 12.8 Å². The number of unbranched alkanes of at least 4 members (excludes halogenated alkanes) is 33. The number of ether oxygens (including phenoxy) is 6. The summed E-state index contributed by atoms with van der Waals surface area (Å²) in [6, 6.07) is -0.993. The summed E-state index contributed by atoms with van der Waals surface area (Å²) in [6.45, 7) is 1.47. The number of hydrogen-bond donors (Lipinski definition) is 12. The van der Waals surface area contributed by atoms with Gasteiger partial charge in [0.15, 0.2) is 18.9 Å². The van der Waals surface area contributed by atoms with Gasteiger partial charge in [-0.05, 0) is 64.7 Å². The zero-order chi connectivity index (χ0) is 64.7. The molecule has 17 unspecified atom stereocenters. The molecule has 1 amide bonds. The van der Waals surface area contributed by atoms with Crippen LogP contribution in [0.5, 0.6) is 0 Å². The van der Waals surface area contributed by atoms with E-state index >= 15 is 0 Å². The molecule has 3 heterocycles. The Morgan fingerprint density at radius 2 is 0.764 bits per heavy atom. The van der Waals surface area contributed by atoms with E-state index in [1.807, 2.05) is 19.1 Å². The standard InChI is InChI=1S/C70H127NO18/c1-3-5-7-9-11-13-14-15-16-17-18-19-20-21-22-23-24-25-26-27-28-29-30-31-32-33-34-35-36-37-38-40-42-44-46-48-58(76)71-53(54(75)47-45-43-41-39-12-10-8-6-4-2)52-84-68-64(82)61(79)66(56(50-73)86-68)89-70-65(83)62(80)67(57(51-74)87-70)88-69-63(81)60(78)59(77)55(49-72)85-69/h4,6,12,17-18,39,45,47,53-57,59-70,72-75,77-83H,3,5,7-11,13-16,19-38,40-44,46,48-52H2,1-2H3,(H,71,76)/b6-4+,18-17-,39-12+,47-45+. The fourth-order valence-electron chi connectivity index (χ4n) is 11.9. The van der Waals surface area contributed by atoms with Gasteiger partial charge in [-0.3, -0.25) is 4.79 Å². The maximum atomic E-state index is 13.3. The second-order valence-corrected chi connectivity index (χ2v) is 25.3. The van der Waals surface area contributed by atoms with Crippen molar-refractivity contribution in [2.24, 2.45) is 0 Å². The minimum atomic E-state index is -1.98. The van der Waals surface area contributed by atoms with Crippen molar-refractivity contribution in [2.45, 2.75) is 362 Å². The minimum Gasteiger partial charge on any atom is -0.394 e. The molecule has 3 aliphatic rings. The van der Waals surface area contributed by atoms with Crippen LogP contribution in [0, 0.1) is 0 Å². The molecule has 12 N–H and O–H groups in total. The van der Waals surface area contributed by atoms with E-state index in [1.165, 1.54) is 186 Å². The first-order valence-electron chi connectivity index (χ1n) is 35.4. The van der Waals surface area contributed by atoms with Crippen LogP contribution in [0.15, 0.2) is 48.6 Å². The van der Waals surface area contributed by atoms with Crippen molar-refractivity contribution in [3.8, 4) is 0 Å². The Labute approximate surface area is 535 Å². The van der Waals surface area contributed by atoms with Crippen LogP contribution in [0.4, 0.5) is 0 Å². The van der Waals surface area contributed by atoms with Gasteiger partial charge >= 0.3 is 0 Å². The smallest absolute Gasteiger partial charge is 0.220 e. The van der Waals surface area contributed by atoms with Gasteiger partial charge in [0.1, 0.15) is 73.2 Å². The van der Waals surface area contributed by atoms with Gasteiger partial charge in [0.05, 0.1) is 38.6 Å². The number of aliphatic hydroxyl groups excluding tert-OH is 11. The van der Waals surface area contributed by atoms with Crippen LogP contribution in [0.3, 0.4) is 0 Å². The third kappa shape index (κ3) is 34.1. The summed E-state index contributed by atoms with van der Waals surface area (Å²) < 4.78 is 34.2. The van der Waals surface area contributed by atoms with Gasteiger partial charge in [0.2, 0.25) is 5.91 Å². The fourth-order valence-corrected chi connectivity index (χ4v) is 11.9. The molecule has 89 heavy (non-hydrogen) atoms. The first-order chi connectivity index (χ1) is 43.3. The van der Waals surface area contributed by atoms with Gasteiger partial charge in [0, 0.05) is 6.42 Å². The van der Waals surface area contributed by atoms with E-state index in [-0.39, 0.29) is 18.9 Å². The highest BCUT2D eigenvalue weighted by Gasteiger charge is 2.53. The lowest BCUT2D eigenvalue weighted by molar-refractivity contribution is -0.379. The van der Waals surface area contributed by atoms with Gasteiger partial charge < -0.3 is 89.9 Å². The highest BCUT2D eigenvalue weighted by molar-refractivity contribution is 5.76. The molecular formula is C70H127NO18. The van der Waals surface area contributed by atoms with E-state index in [9.17, 15) is 61.0 Å². The quantitative estimate of drug-likeness (QED) is 0.0199. The second kappa shape index (κ2) is 52.1. The number of carbonyl (C=O) groups excluding carboxylic acids is 1. The molecule has 0 aromatic carbocycles. The Kier molecular flexibility index (Phi) is 47.4. The zero-order valence-electron chi connectivity index (χ0n) is 54.9. The molecule has 3 aliphatic heterocycles. The number of allylic oxidation sites excluding steroid dienone is 7. The lowest BCUT2D eigenvalue weighted by atomic mass is 9.96. The third-order valence-electron chi connectivity index (χ3n) is 17.7. The van der Waals surface area contributed by atoms with Crippen LogP contribution < -0.4 is 5.32 Å². The van der Waals surface area contributed by atoms with Crippen molar-refractivity contribution < 1.29 is 89.4 Å². The highest BCUT2D eigenvalue weighted by Crippen LogP contribution is 2.33. The minimum absolute atomic E-state index is 0.234. The summed E-state index contributed by atoms with van der Waals surface area (Å²) >= 11 is 0. The maximum Gasteiger partial charge on any atom is 0.220 e. The summed E-state index contributed by atoms with van der Waals surface area (Å²) in [4.78, 5) is 13.3. The van der Waals surface area contributed by atoms with Gasteiger partial charge in [0.25, 0.3) is 0 Å². The number of carbonyl (C=O) groups is 1. The molecule has 0 aromatic rings. The monoisotopic (exact) mass is 1270 g/mol. The van der Waals surface area contributed by atoms with E-state index in [1.54, 1.807) is 6.08 Å². The number of rotatable bonds is 54. The highest BCUT2D eigenvalue weighted by atomic mass is 16.8. The third-order valence-corrected chi connectivity index (χ3v) is 17.7. The summed E-state index contributed by atoms with van der Waals surface area (Å²) in [5, 5.41) is 120. The number of nitrogens with one attached hydrogen (secondary N) is 1. The fraction of sp³-hybridized carbons (Fsp3) is 0.871. The van der Waals surface area contributed by atoms with Gasteiger partial charge in [-0.2, -0.15) is 0 Å². The molecule has 3 rings (SSSR count). The Hall–Kier alpha value is -2.25. The molecule has 19 heteroatoms. The molecule has 3 fully saturated rings. The van der Waals surface area contributed by atoms with Crippen molar-refractivity contribution in [3.05, 3.63) is 48.6 Å². The topological polar surface area (TPSA) is 307 Å². The first-order valence-corrected chi connectivity index (χ1v) is 35.4. The van der Waals surface area contributed by atoms with Gasteiger partial charge in [-0.15, -0.1) is 0 Å². The molecule has 0 bridgehead atoms. The van der Waals surface area contributed by atoms with E-state index < -0.39 is 124 Å². The normalized spacial score (nSPS) is 28.5. The summed E-state index contributed by atoms with van der Waals surface area (Å²) in [6.07, 6.45) is 36.1. The van der Waals surface area contributed by atoms with E-state index in [2.05, 4.69) is 42.6 Å². The molecule has 0 radical (unpaired) electrons. The number of hydrogen-bond acceptors (Lipinski definition) is 18. The van der Waals surface area contributed by atoms with Crippen molar-refractivity contribution in [2.75, 3.05) is 26.4 Å². The van der Waals surface area contributed by atoms with Crippen LogP contribution in [0.25, 0.3) is 0 Å². The number of aliphatic hydroxyl groups is 11. The van der Waals surface area contributed by atoms with Crippen LogP contribution in [0.2, 0.25) is 0 Å². The Morgan fingerprint density at radius 1 is 0.416 bits per heavy atom. The van der Waals surface area contributed by atoms with Gasteiger partial charge in [-0.25, -0.2) is 0 Å². The molecule has 0 saturated carbocycles. The van der Waals surface area contributed by atoms with Gasteiger partial charge in [-0.1, -0.05) is 235 Å². The zero-order valence-corrected chi connectivity index (χ0v) is 54.9. The largest absolute Gasteiger partial charge is 0.394 e. The van der Waals surface area contributed by atoms with Crippen molar-refractivity contribution in [1.29, 1.82) is 0 Å². The van der Waals surface area contributed by atoms with E-state index in [0.717, 1.165) is 38.5 Å². The van der Waals surface area contributed by atoms with Crippen molar-refractivity contribution >= 4 is 5.91 Å². The Bertz CT molecular complexity index is 1800. The SMILES string of the molecule is C/C=C/CC/C=C/CC/C=C/C(O)C(COC1OC(CO)C(OC2OC(CO)C(OC3OC(CO)C(O)C(O)C3O)C(O)C2O)C(O)C1O)NC(=O)CCCCCCCCCCCCCCCCCCCCCCCCC/C=C\CCCCCCCCCC. The summed E-state index contributed by atoms with van der Waals surface area (Å²) in [5.41, 5.74) is 0. The first kappa shape index (κ1) is 81.0. The lowest BCUT2D eigenvalue weighted by Crippen LogP contribution is -2.66. The van der Waals surface area contributed by atoms with Crippen LogP contribution in [0.1, 0.15) is 258 Å². The van der Waals surface area contributed by atoms with Crippen LogP contribution in [-0.4, -0.2) is 193 Å². The maximum absolute atomic E-state index is 13.3. The molecule has 17 atom stereocenters. The number of amides is 1. The molecular weight excluding hydrogens is 1140 g/mol. The second-order valence-electron chi connectivity index (χ2n) is 25.3. The lowest BCUT2D eigenvalue weighted by Gasteiger charge is -2.48. The van der Waals surface area contributed by atoms with Crippen molar-refractivity contribution in [1.82, 2.24) is 5.32 Å². The molecule has 0 aliphatic carbocycles. The molecule has 520 valence electrons. The molecule has 0 spiro atoms. The predicted molar refractivity (Wildman–Crippen MR) is 346 cm³/mol. The Morgan fingerprint density at radius 3 is 1.19 bits per heavy atom.